The second-order valence-corrected chi connectivity index (χ2v) is 2.50. The second kappa shape index (κ2) is 3.20. The number of hydrogen-bond donors (Lipinski definition) is 1. The Morgan fingerprint density at radius 2 is 2.38 bits per heavy atom. The third-order valence-corrected chi connectivity index (χ3v) is 0.967. The van der Waals surface area contributed by atoms with Crippen molar-refractivity contribution in [1.82, 2.24) is 0 Å². The van der Waals surface area contributed by atoms with Crippen LogP contribution in [0, 0.1) is 0 Å². The molecular weight excluding hydrogens is 131 g/mol. The molecule has 1 atom stereocenters. The highest BCUT2D eigenvalue weighted by molar-refractivity contribution is 7.44. The summed E-state index contributed by atoms with van der Waals surface area (Å²) in [4.78, 5) is 17.7. The van der Waals surface area contributed by atoms with Crippen LogP contribution in [-0.2, 0) is 9.09 Å². The van der Waals surface area contributed by atoms with Gasteiger partial charge in [-0.1, -0.05) is 6.92 Å². The Morgan fingerprint density at radius 1 is 1.88 bits per heavy atom. The lowest BCUT2D eigenvalue weighted by atomic mass is 10.5. The highest BCUT2D eigenvalue weighted by atomic mass is 31.2. The highest BCUT2D eigenvalue weighted by Gasteiger charge is 1.97. The van der Waals surface area contributed by atoms with Crippen LogP contribution in [-0.4, -0.2) is 11.5 Å². The van der Waals surface area contributed by atoms with Gasteiger partial charge in [-0.2, -0.15) is 0 Å². The minimum absolute atomic E-state index is 0.0529. The van der Waals surface area contributed by atoms with Crippen LogP contribution in [0.15, 0.2) is 0 Å². The zero-order chi connectivity index (χ0) is 6.62. The molecule has 0 aliphatic carbocycles. The Morgan fingerprint density at radius 3 is 2.50 bits per heavy atom. The van der Waals surface area contributed by atoms with E-state index >= 15 is 0 Å². The number of phosphoric ester groups is 1. The average Bonchev–Trinajstić information content (AvgIpc) is 1.59. The molecule has 0 amide bonds. The van der Waals surface area contributed by atoms with Crippen LogP contribution in [0.1, 0.15) is 13.3 Å². The summed E-state index contributed by atoms with van der Waals surface area (Å²) >= 11 is 0. The van der Waals surface area contributed by atoms with Gasteiger partial charge in [0.2, 0.25) is 0 Å². The molecule has 0 aromatic rings. The van der Waals surface area contributed by atoms with Gasteiger partial charge in [0.1, 0.15) is 0 Å². The van der Waals surface area contributed by atoms with Crippen molar-refractivity contribution in [3.05, 3.63) is 0 Å². The van der Waals surface area contributed by atoms with Crippen molar-refractivity contribution in [2.75, 3.05) is 6.61 Å². The summed E-state index contributed by atoms with van der Waals surface area (Å²) in [6.07, 6.45) is 0.576. The van der Waals surface area contributed by atoms with Crippen LogP contribution in [0.2, 0.25) is 0 Å². The summed E-state index contributed by atoms with van der Waals surface area (Å²) in [7, 11) is -4.43. The van der Waals surface area contributed by atoms with E-state index in [1.165, 1.54) is 0 Å². The Hall–Kier alpha value is 0.110. The Kier molecular flexibility index (Phi) is 3.24. The van der Waals surface area contributed by atoms with Crippen molar-refractivity contribution in [1.29, 1.82) is 0 Å². The summed E-state index contributed by atoms with van der Waals surface area (Å²) in [5, 5.41) is 0. The Labute approximate surface area is 47.7 Å². The SMILES string of the molecule is CCCOP(=O)([O-])O. The standard InChI is InChI=1S/C3H9O4P/c1-2-3-7-8(4,5)6/h2-3H2,1H3,(H2,4,5,6)/p-1. The lowest BCUT2D eigenvalue weighted by Crippen LogP contribution is -2.03. The van der Waals surface area contributed by atoms with Gasteiger partial charge in [0.25, 0.3) is 7.82 Å². The summed E-state index contributed by atoms with van der Waals surface area (Å²) in [5.74, 6) is 0. The molecule has 0 bridgehead atoms. The molecule has 0 rings (SSSR count). The number of hydrogen-bond acceptors (Lipinski definition) is 3. The van der Waals surface area contributed by atoms with E-state index in [-0.39, 0.29) is 6.61 Å². The maximum Gasteiger partial charge on any atom is 0.265 e. The fraction of sp³-hybridized carbons (Fsp3) is 1.00. The normalized spacial score (nSPS) is 17.9. The molecule has 0 aromatic carbocycles. The van der Waals surface area contributed by atoms with Gasteiger partial charge < -0.3 is 14.3 Å². The zero-order valence-electron chi connectivity index (χ0n) is 4.53. The van der Waals surface area contributed by atoms with E-state index in [1.54, 1.807) is 6.92 Å². The second-order valence-electron chi connectivity index (χ2n) is 1.30. The number of phosphoric acid groups is 1. The van der Waals surface area contributed by atoms with Gasteiger partial charge >= 0.3 is 0 Å². The van der Waals surface area contributed by atoms with E-state index in [1.807, 2.05) is 0 Å². The van der Waals surface area contributed by atoms with E-state index in [0.717, 1.165) is 0 Å². The van der Waals surface area contributed by atoms with Crippen LogP contribution >= 0.6 is 7.82 Å². The molecule has 0 radical (unpaired) electrons. The van der Waals surface area contributed by atoms with Crippen molar-refractivity contribution in [2.45, 2.75) is 13.3 Å². The predicted molar refractivity (Wildman–Crippen MR) is 26.1 cm³/mol. The fourth-order valence-electron chi connectivity index (χ4n) is 0.207. The first-order valence-electron chi connectivity index (χ1n) is 2.24. The molecule has 0 aliphatic heterocycles. The highest BCUT2D eigenvalue weighted by Crippen LogP contribution is 2.29. The van der Waals surface area contributed by atoms with Crippen LogP contribution in [0.4, 0.5) is 0 Å². The fourth-order valence-corrected chi connectivity index (χ4v) is 0.620. The molecule has 0 aliphatic rings. The molecule has 0 aromatic heterocycles. The summed E-state index contributed by atoms with van der Waals surface area (Å²) in [5.41, 5.74) is 0. The van der Waals surface area contributed by atoms with E-state index in [9.17, 15) is 9.46 Å². The molecule has 0 fully saturated rings. The van der Waals surface area contributed by atoms with Crippen molar-refractivity contribution in [3.63, 3.8) is 0 Å². The van der Waals surface area contributed by atoms with E-state index in [0.29, 0.717) is 6.42 Å². The maximum atomic E-state index is 9.75. The molecule has 1 N–H and O–H groups in total. The van der Waals surface area contributed by atoms with Crippen molar-refractivity contribution in [2.24, 2.45) is 0 Å². The van der Waals surface area contributed by atoms with Gasteiger partial charge in [-0.05, 0) is 6.42 Å². The molecule has 0 spiro atoms. The molecule has 4 nitrogen and oxygen atoms in total. The smallest absolute Gasteiger partial charge is 0.265 e. The van der Waals surface area contributed by atoms with Crippen LogP contribution < -0.4 is 4.89 Å². The van der Waals surface area contributed by atoms with Crippen molar-refractivity contribution in [3.8, 4) is 0 Å². The van der Waals surface area contributed by atoms with Crippen LogP contribution in [0.3, 0.4) is 0 Å². The predicted octanol–water partition coefficient (Wildman–Crippen LogP) is -0.126. The van der Waals surface area contributed by atoms with E-state index in [2.05, 4.69) is 4.52 Å². The average molecular weight is 139 g/mol. The Bertz CT molecular complexity index is 95.5. The first-order chi connectivity index (χ1) is 3.56. The van der Waals surface area contributed by atoms with Gasteiger partial charge in [0, 0.05) is 0 Å². The molecular formula is C3H8O4P-. The van der Waals surface area contributed by atoms with Crippen LogP contribution in [0.5, 0.6) is 0 Å². The van der Waals surface area contributed by atoms with Crippen LogP contribution in [0.25, 0.3) is 0 Å². The summed E-state index contributed by atoms with van der Waals surface area (Å²) in [6, 6.07) is 0. The molecule has 5 heteroatoms. The lowest BCUT2D eigenvalue weighted by Gasteiger charge is -2.13. The quantitative estimate of drug-likeness (QED) is 0.553. The molecule has 0 saturated carbocycles. The largest absolute Gasteiger partial charge is 0.756 e. The summed E-state index contributed by atoms with van der Waals surface area (Å²) < 4.78 is 13.7. The summed E-state index contributed by atoms with van der Waals surface area (Å²) in [6.45, 7) is 1.80. The van der Waals surface area contributed by atoms with Crippen molar-refractivity contribution >= 4 is 7.82 Å². The van der Waals surface area contributed by atoms with Crippen molar-refractivity contribution < 1.29 is 18.9 Å². The molecule has 1 unspecified atom stereocenters. The molecule has 0 heterocycles. The molecule has 50 valence electrons. The Balaban J connectivity index is 3.26. The first kappa shape index (κ1) is 8.11. The molecule has 0 saturated heterocycles. The molecule has 8 heavy (non-hydrogen) atoms. The van der Waals surface area contributed by atoms with Gasteiger partial charge in [-0.3, -0.25) is 4.57 Å². The monoisotopic (exact) mass is 139 g/mol. The van der Waals surface area contributed by atoms with E-state index < -0.39 is 7.82 Å². The third kappa shape index (κ3) is 6.11. The van der Waals surface area contributed by atoms with E-state index in [4.69, 9.17) is 4.89 Å². The van der Waals surface area contributed by atoms with Gasteiger partial charge in [0.05, 0.1) is 6.61 Å². The van der Waals surface area contributed by atoms with Gasteiger partial charge in [0.15, 0.2) is 0 Å². The van der Waals surface area contributed by atoms with Gasteiger partial charge in [-0.15, -0.1) is 0 Å². The minimum Gasteiger partial charge on any atom is -0.756 e. The first-order valence-corrected chi connectivity index (χ1v) is 3.74. The third-order valence-electron chi connectivity index (χ3n) is 0.459. The number of rotatable bonds is 3. The van der Waals surface area contributed by atoms with Gasteiger partial charge in [-0.25, -0.2) is 0 Å². The topological polar surface area (TPSA) is 69.6 Å². The minimum atomic E-state index is -4.43. The lowest BCUT2D eigenvalue weighted by molar-refractivity contribution is -0.219. The zero-order valence-corrected chi connectivity index (χ0v) is 5.43. The maximum absolute atomic E-state index is 9.75.